The number of aryl methyl sites for hydroxylation is 1. The molecular weight excluding hydrogens is 226 g/mol. The lowest BCUT2D eigenvalue weighted by Crippen LogP contribution is -2.22. The maximum absolute atomic E-state index is 8.89. The Bertz CT molecular complexity index is 396. The minimum Gasteiger partial charge on any atom is -0.396 e. The molecular formula is C14H23N3O. The first-order chi connectivity index (χ1) is 8.72. The molecule has 18 heavy (non-hydrogen) atoms. The fourth-order valence-electron chi connectivity index (χ4n) is 1.85. The average molecular weight is 249 g/mol. The first-order valence-electron chi connectivity index (χ1n) is 6.41. The predicted molar refractivity (Wildman–Crippen MR) is 77.5 cm³/mol. The van der Waals surface area contributed by atoms with Gasteiger partial charge in [0.05, 0.1) is 11.4 Å². The Balaban J connectivity index is 2.83. The maximum atomic E-state index is 8.89. The molecule has 100 valence electrons. The van der Waals surface area contributed by atoms with Crippen LogP contribution in [-0.2, 0) is 6.54 Å². The van der Waals surface area contributed by atoms with E-state index in [2.05, 4.69) is 47.6 Å². The molecule has 1 aromatic rings. The third kappa shape index (κ3) is 4.13. The van der Waals surface area contributed by atoms with Gasteiger partial charge in [-0.25, -0.2) is 0 Å². The molecule has 2 N–H and O–H groups in total. The Morgan fingerprint density at radius 3 is 3.00 bits per heavy atom. The van der Waals surface area contributed by atoms with Crippen molar-refractivity contribution in [1.82, 2.24) is 9.88 Å². The second-order valence-corrected chi connectivity index (χ2v) is 4.22. The van der Waals surface area contributed by atoms with Gasteiger partial charge in [0, 0.05) is 25.4 Å². The molecule has 4 heteroatoms. The van der Waals surface area contributed by atoms with Crippen LogP contribution in [0.5, 0.6) is 0 Å². The normalized spacial score (nSPS) is 13.1. The van der Waals surface area contributed by atoms with Crippen LogP contribution in [0.25, 0.3) is 6.08 Å². The SMILES string of the molecule is C=Nc1ccn(CCCO)c1/C=C/C(C)NCC. The Morgan fingerprint density at radius 2 is 2.39 bits per heavy atom. The van der Waals surface area contributed by atoms with Crippen molar-refractivity contribution in [1.29, 1.82) is 0 Å². The average Bonchev–Trinajstić information content (AvgIpc) is 2.76. The molecule has 0 amide bonds. The van der Waals surface area contributed by atoms with Crippen molar-refractivity contribution in [3.8, 4) is 0 Å². The highest BCUT2D eigenvalue weighted by molar-refractivity contribution is 5.64. The van der Waals surface area contributed by atoms with Gasteiger partial charge in [-0.05, 0) is 38.7 Å². The molecule has 1 aromatic heterocycles. The lowest BCUT2D eigenvalue weighted by molar-refractivity contribution is 0.280. The van der Waals surface area contributed by atoms with Crippen LogP contribution in [0.4, 0.5) is 5.69 Å². The molecule has 1 rings (SSSR count). The van der Waals surface area contributed by atoms with Crippen LogP contribution in [0.3, 0.4) is 0 Å². The highest BCUT2D eigenvalue weighted by Gasteiger charge is 2.05. The number of rotatable bonds is 8. The summed E-state index contributed by atoms with van der Waals surface area (Å²) < 4.78 is 2.09. The van der Waals surface area contributed by atoms with Crippen LogP contribution in [0, 0.1) is 0 Å². The van der Waals surface area contributed by atoms with Crippen molar-refractivity contribution in [2.75, 3.05) is 13.2 Å². The summed E-state index contributed by atoms with van der Waals surface area (Å²) in [6.07, 6.45) is 6.91. The minimum absolute atomic E-state index is 0.200. The fraction of sp³-hybridized carbons (Fsp3) is 0.500. The Kier molecular flexibility index (Phi) is 6.39. The summed E-state index contributed by atoms with van der Waals surface area (Å²) >= 11 is 0. The number of aliphatic imine (C=N–C) groups is 1. The van der Waals surface area contributed by atoms with Crippen molar-refractivity contribution in [3.05, 3.63) is 24.0 Å². The van der Waals surface area contributed by atoms with E-state index < -0.39 is 0 Å². The molecule has 0 aliphatic heterocycles. The number of nitrogens with zero attached hydrogens (tertiary/aromatic N) is 2. The van der Waals surface area contributed by atoms with E-state index in [1.165, 1.54) is 0 Å². The molecule has 4 nitrogen and oxygen atoms in total. The summed E-state index contributed by atoms with van der Waals surface area (Å²) in [5.74, 6) is 0. The van der Waals surface area contributed by atoms with E-state index in [1.807, 2.05) is 12.3 Å². The van der Waals surface area contributed by atoms with Crippen LogP contribution in [0.2, 0.25) is 0 Å². The first-order valence-corrected chi connectivity index (χ1v) is 6.41. The Labute approximate surface area is 109 Å². The second-order valence-electron chi connectivity index (χ2n) is 4.22. The molecule has 1 heterocycles. The van der Waals surface area contributed by atoms with Gasteiger partial charge in [-0.15, -0.1) is 0 Å². The largest absolute Gasteiger partial charge is 0.396 e. The molecule has 0 spiro atoms. The van der Waals surface area contributed by atoms with Gasteiger partial charge in [-0.2, -0.15) is 0 Å². The second kappa shape index (κ2) is 7.84. The number of aliphatic hydroxyl groups excluding tert-OH is 1. The van der Waals surface area contributed by atoms with E-state index in [0.29, 0.717) is 6.04 Å². The highest BCUT2D eigenvalue weighted by atomic mass is 16.3. The third-order valence-electron chi connectivity index (χ3n) is 2.78. The molecule has 0 aliphatic carbocycles. The Hall–Kier alpha value is -1.39. The van der Waals surface area contributed by atoms with Crippen molar-refractivity contribution >= 4 is 18.5 Å². The van der Waals surface area contributed by atoms with Gasteiger partial charge in [0.2, 0.25) is 0 Å². The van der Waals surface area contributed by atoms with Crippen LogP contribution in [0.15, 0.2) is 23.3 Å². The number of aliphatic hydroxyl groups is 1. The summed E-state index contributed by atoms with van der Waals surface area (Å²) in [7, 11) is 0. The summed E-state index contributed by atoms with van der Waals surface area (Å²) in [6.45, 7) is 9.73. The zero-order chi connectivity index (χ0) is 13.4. The molecule has 0 bridgehead atoms. The predicted octanol–water partition coefficient (Wildman–Crippen LogP) is 2.21. The van der Waals surface area contributed by atoms with E-state index in [-0.39, 0.29) is 6.61 Å². The number of hydrogen-bond donors (Lipinski definition) is 2. The number of likely N-dealkylation sites (N-methyl/N-ethyl adjacent to an activating group) is 1. The van der Waals surface area contributed by atoms with Crippen molar-refractivity contribution in [3.63, 3.8) is 0 Å². The van der Waals surface area contributed by atoms with Gasteiger partial charge in [-0.1, -0.05) is 13.0 Å². The lowest BCUT2D eigenvalue weighted by atomic mass is 10.2. The zero-order valence-electron chi connectivity index (χ0n) is 11.3. The molecule has 0 saturated carbocycles. The van der Waals surface area contributed by atoms with E-state index in [0.717, 1.165) is 30.9 Å². The molecule has 0 saturated heterocycles. The van der Waals surface area contributed by atoms with Gasteiger partial charge in [0.1, 0.15) is 0 Å². The quantitative estimate of drug-likeness (QED) is 0.694. The van der Waals surface area contributed by atoms with Gasteiger partial charge in [-0.3, -0.25) is 4.99 Å². The Morgan fingerprint density at radius 1 is 1.61 bits per heavy atom. The van der Waals surface area contributed by atoms with E-state index in [4.69, 9.17) is 5.11 Å². The number of aromatic nitrogens is 1. The maximum Gasteiger partial charge on any atom is 0.0873 e. The summed E-state index contributed by atoms with van der Waals surface area (Å²) in [5.41, 5.74) is 1.93. The molecule has 0 aromatic carbocycles. The van der Waals surface area contributed by atoms with Gasteiger partial charge in [0.15, 0.2) is 0 Å². The minimum atomic E-state index is 0.200. The lowest BCUT2D eigenvalue weighted by Gasteiger charge is -2.08. The van der Waals surface area contributed by atoms with Crippen LogP contribution in [0.1, 0.15) is 26.0 Å². The standard InChI is InChI=1S/C14H23N3O/c1-4-16-12(2)6-7-14-13(15-3)8-10-17(14)9-5-11-18/h6-8,10,12,16,18H,3-5,9,11H2,1-2H3/b7-6+. The van der Waals surface area contributed by atoms with E-state index in [9.17, 15) is 0 Å². The molecule has 0 radical (unpaired) electrons. The van der Waals surface area contributed by atoms with Gasteiger partial charge in [0.25, 0.3) is 0 Å². The molecule has 0 aliphatic rings. The highest BCUT2D eigenvalue weighted by Crippen LogP contribution is 2.22. The first kappa shape index (κ1) is 14.7. The summed E-state index contributed by atoms with van der Waals surface area (Å²) in [6, 6.07) is 2.27. The van der Waals surface area contributed by atoms with Crippen molar-refractivity contribution in [2.24, 2.45) is 4.99 Å². The smallest absolute Gasteiger partial charge is 0.0873 e. The summed E-state index contributed by atoms with van der Waals surface area (Å²) in [4.78, 5) is 4.02. The van der Waals surface area contributed by atoms with Crippen LogP contribution < -0.4 is 5.32 Å². The van der Waals surface area contributed by atoms with Crippen LogP contribution in [-0.4, -0.2) is 35.6 Å². The van der Waals surface area contributed by atoms with Gasteiger partial charge < -0.3 is 15.0 Å². The van der Waals surface area contributed by atoms with Crippen LogP contribution >= 0.6 is 0 Å². The number of hydrogen-bond acceptors (Lipinski definition) is 3. The molecule has 0 fully saturated rings. The fourth-order valence-corrected chi connectivity index (χ4v) is 1.85. The summed E-state index contributed by atoms with van der Waals surface area (Å²) in [5, 5.41) is 12.2. The third-order valence-corrected chi connectivity index (χ3v) is 2.78. The molecule has 1 atom stereocenters. The van der Waals surface area contributed by atoms with Crippen molar-refractivity contribution in [2.45, 2.75) is 32.9 Å². The number of nitrogens with one attached hydrogen (secondary N) is 1. The van der Waals surface area contributed by atoms with Crippen molar-refractivity contribution < 1.29 is 5.11 Å². The zero-order valence-corrected chi connectivity index (χ0v) is 11.3. The van der Waals surface area contributed by atoms with E-state index >= 15 is 0 Å². The van der Waals surface area contributed by atoms with Gasteiger partial charge >= 0.3 is 0 Å². The van der Waals surface area contributed by atoms with E-state index in [1.54, 1.807) is 0 Å². The topological polar surface area (TPSA) is 49.5 Å². The molecule has 1 unspecified atom stereocenters. The monoisotopic (exact) mass is 249 g/mol.